The topological polar surface area (TPSA) is 122 Å². The minimum Gasteiger partial charge on any atom is -0.480 e. The molecule has 1 aromatic carbocycles. The summed E-state index contributed by atoms with van der Waals surface area (Å²) in [5.74, 6) is -2.82. The largest absolute Gasteiger partial charge is 0.480 e. The zero-order chi connectivity index (χ0) is 16.0. The molecule has 0 bridgehead atoms. The summed E-state index contributed by atoms with van der Waals surface area (Å²) in [5.41, 5.74) is 5.40. The SMILES string of the molecule is NC(=O)CC(NC(=O)NCc1ccc(F)c(Cl)c1)C(=O)O. The quantitative estimate of drug-likeness (QED) is 0.614. The molecule has 21 heavy (non-hydrogen) atoms. The van der Waals surface area contributed by atoms with E-state index in [1.165, 1.54) is 12.1 Å². The van der Waals surface area contributed by atoms with Crippen LogP contribution in [0.15, 0.2) is 18.2 Å². The maximum absolute atomic E-state index is 12.9. The first kappa shape index (κ1) is 16.7. The molecule has 5 N–H and O–H groups in total. The number of halogens is 2. The summed E-state index contributed by atoms with van der Waals surface area (Å²) in [4.78, 5) is 33.0. The predicted molar refractivity (Wildman–Crippen MR) is 72.0 cm³/mol. The molecule has 0 saturated carbocycles. The van der Waals surface area contributed by atoms with Crippen molar-refractivity contribution in [3.05, 3.63) is 34.6 Å². The molecule has 0 aliphatic carbocycles. The van der Waals surface area contributed by atoms with Gasteiger partial charge in [-0.3, -0.25) is 4.79 Å². The minimum absolute atomic E-state index is 0.00867. The van der Waals surface area contributed by atoms with Gasteiger partial charge in [-0.2, -0.15) is 0 Å². The van der Waals surface area contributed by atoms with E-state index in [4.69, 9.17) is 22.4 Å². The number of carbonyl (C=O) groups is 3. The van der Waals surface area contributed by atoms with Crippen LogP contribution in [0.25, 0.3) is 0 Å². The highest BCUT2D eigenvalue weighted by molar-refractivity contribution is 6.30. The first-order valence-corrected chi connectivity index (χ1v) is 6.16. The van der Waals surface area contributed by atoms with Gasteiger partial charge in [0.15, 0.2) is 0 Å². The molecular formula is C12H13ClFN3O4. The van der Waals surface area contributed by atoms with Crippen molar-refractivity contribution in [2.75, 3.05) is 0 Å². The number of benzene rings is 1. The Labute approximate surface area is 124 Å². The molecule has 114 valence electrons. The van der Waals surface area contributed by atoms with Gasteiger partial charge in [-0.25, -0.2) is 14.0 Å². The Hall–Kier alpha value is -2.35. The van der Waals surface area contributed by atoms with Crippen LogP contribution in [0.5, 0.6) is 0 Å². The molecule has 0 radical (unpaired) electrons. The Morgan fingerprint density at radius 3 is 2.57 bits per heavy atom. The van der Waals surface area contributed by atoms with Crippen LogP contribution in [0.1, 0.15) is 12.0 Å². The van der Waals surface area contributed by atoms with E-state index in [2.05, 4.69) is 10.6 Å². The molecule has 1 aromatic rings. The van der Waals surface area contributed by atoms with E-state index in [1.807, 2.05) is 0 Å². The van der Waals surface area contributed by atoms with E-state index < -0.39 is 36.2 Å². The van der Waals surface area contributed by atoms with Crippen LogP contribution in [0.4, 0.5) is 9.18 Å². The van der Waals surface area contributed by atoms with Crippen molar-refractivity contribution in [1.82, 2.24) is 10.6 Å². The van der Waals surface area contributed by atoms with Crippen LogP contribution in [0.2, 0.25) is 5.02 Å². The molecule has 9 heteroatoms. The molecule has 1 atom stereocenters. The van der Waals surface area contributed by atoms with Crippen LogP contribution >= 0.6 is 11.6 Å². The Kier molecular flexibility index (Phi) is 5.92. The zero-order valence-electron chi connectivity index (χ0n) is 10.7. The van der Waals surface area contributed by atoms with Crippen LogP contribution in [0.3, 0.4) is 0 Å². The summed E-state index contributed by atoms with van der Waals surface area (Å²) in [6, 6.07) is 1.67. The van der Waals surface area contributed by atoms with Crippen LogP contribution in [0, 0.1) is 5.82 Å². The van der Waals surface area contributed by atoms with Gasteiger partial charge in [-0.05, 0) is 17.7 Å². The highest BCUT2D eigenvalue weighted by atomic mass is 35.5. The number of carboxylic acids is 1. The van der Waals surface area contributed by atoms with Crippen LogP contribution in [-0.2, 0) is 16.1 Å². The number of carbonyl (C=O) groups excluding carboxylic acids is 2. The lowest BCUT2D eigenvalue weighted by Crippen LogP contribution is -2.47. The van der Waals surface area contributed by atoms with Gasteiger partial charge < -0.3 is 21.5 Å². The molecule has 0 spiro atoms. The zero-order valence-corrected chi connectivity index (χ0v) is 11.5. The maximum Gasteiger partial charge on any atom is 0.326 e. The normalized spacial score (nSPS) is 11.5. The summed E-state index contributed by atoms with van der Waals surface area (Å²) in [7, 11) is 0. The Morgan fingerprint density at radius 2 is 2.05 bits per heavy atom. The number of urea groups is 1. The molecule has 0 saturated heterocycles. The summed E-state index contributed by atoms with van der Waals surface area (Å²) < 4.78 is 12.9. The minimum atomic E-state index is -1.42. The van der Waals surface area contributed by atoms with E-state index >= 15 is 0 Å². The van der Waals surface area contributed by atoms with Gasteiger partial charge in [0.2, 0.25) is 5.91 Å². The Morgan fingerprint density at radius 1 is 1.38 bits per heavy atom. The van der Waals surface area contributed by atoms with Crippen molar-refractivity contribution in [2.24, 2.45) is 5.73 Å². The lowest BCUT2D eigenvalue weighted by molar-refractivity contribution is -0.140. The third-order valence-corrected chi connectivity index (χ3v) is 2.74. The lowest BCUT2D eigenvalue weighted by atomic mass is 10.2. The summed E-state index contributed by atoms with van der Waals surface area (Å²) in [6.45, 7) is 0.00867. The van der Waals surface area contributed by atoms with Crippen molar-refractivity contribution in [3.8, 4) is 0 Å². The van der Waals surface area contributed by atoms with Gasteiger partial charge in [-0.1, -0.05) is 17.7 Å². The second kappa shape index (κ2) is 7.44. The molecule has 7 nitrogen and oxygen atoms in total. The van der Waals surface area contributed by atoms with Gasteiger partial charge in [0.05, 0.1) is 11.4 Å². The second-order valence-electron chi connectivity index (χ2n) is 4.14. The van der Waals surface area contributed by atoms with Crippen molar-refractivity contribution >= 4 is 29.5 Å². The lowest BCUT2D eigenvalue weighted by Gasteiger charge is -2.13. The van der Waals surface area contributed by atoms with E-state index in [1.54, 1.807) is 0 Å². The fourth-order valence-electron chi connectivity index (χ4n) is 1.44. The molecule has 0 aromatic heterocycles. The van der Waals surface area contributed by atoms with Crippen molar-refractivity contribution in [2.45, 2.75) is 19.0 Å². The van der Waals surface area contributed by atoms with Gasteiger partial charge in [0.1, 0.15) is 11.9 Å². The Bertz CT molecular complexity index is 567. The average Bonchev–Trinajstić information content (AvgIpc) is 2.38. The smallest absolute Gasteiger partial charge is 0.326 e. The molecule has 0 fully saturated rings. The number of nitrogens with one attached hydrogen (secondary N) is 2. The van der Waals surface area contributed by atoms with E-state index in [0.717, 1.165) is 6.07 Å². The summed E-state index contributed by atoms with van der Waals surface area (Å²) >= 11 is 5.58. The molecular weight excluding hydrogens is 305 g/mol. The number of rotatable bonds is 6. The average molecular weight is 318 g/mol. The fourth-order valence-corrected chi connectivity index (χ4v) is 1.65. The molecule has 1 unspecified atom stereocenters. The maximum atomic E-state index is 12.9. The first-order chi connectivity index (χ1) is 9.79. The number of aliphatic carboxylic acids is 1. The number of nitrogens with two attached hydrogens (primary N) is 1. The first-order valence-electron chi connectivity index (χ1n) is 5.79. The van der Waals surface area contributed by atoms with E-state index in [0.29, 0.717) is 5.56 Å². The van der Waals surface area contributed by atoms with E-state index in [-0.39, 0.29) is 11.6 Å². The number of primary amides is 1. The third-order valence-electron chi connectivity index (χ3n) is 2.45. The predicted octanol–water partition coefficient (Wildman–Crippen LogP) is 0.607. The van der Waals surface area contributed by atoms with Crippen molar-refractivity contribution < 1.29 is 23.9 Å². The number of amides is 3. The van der Waals surface area contributed by atoms with Gasteiger partial charge in [-0.15, -0.1) is 0 Å². The van der Waals surface area contributed by atoms with Gasteiger partial charge in [0.25, 0.3) is 0 Å². The number of carboxylic acid groups (broad SMARTS) is 1. The third kappa shape index (κ3) is 5.65. The molecule has 0 heterocycles. The molecule has 0 aliphatic rings. The summed E-state index contributed by atoms with van der Waals surface area (Å²) in [5, 5.41) is 13.2. The van der Waals surface area contributed by atoms with Crippen molar-refractivity contribution in [1.29, 1.82) is 0 Å². The highest BCUT2D eigenvalue weighted by Crippen LogP contribution is 2.15. The molecule has 1 rings (SSSR count). The number of hydrogen-bond donors (Lipinski definition) is 4. The highest BCUT2D eigenvalue weighted by Gasteiger charge is 2.21. The van der Waals surface area contributed by atoms with Crippen molar-refractivity contribution in [3.63, 3.8) is 0 Å². The van der Waals surface area contributed by atoms with Crippen LogP contribution < -0.4 is 16.4 Å². The molecule has 3 amide bonds. The second-order valence-corrected chi connectivity index (χ2v) is 4.54. The standard InChI is InChI=1S/C12H13ClFN3O4/c13-7-3-6(1-2-8(7)14)5-16-12(21)17-9(11(19)20)4-10(15)18/h1-3,9H,4-5H2,(H2,15,18)(H,19,20)(H2,16,17,21). The molecule has 0 aliphatic heterocycles. The van der Waals surface area contributed by atoms with Crippen LogP contribution in [-0.4, -0.2) is 29.1 Å². The van der Waals surface area contributed by atoms with Gasteiger partial charge >= 0.3 is 12.0 Å². The fraction of sp³-hybridized carbons (Fsp3) is 0.250. The summed E-state index contributed by atoms with van der Waals surface area (Å²) in [6.07, 6.45) is -0.523. The number of hydrogen-bond acceptors (Lipinski definition) is 3. The Balaban J connectivity index is 2.54. The monoisotopic (exact) mass is 317 g/mol. The van der Waals surface area contributed by atoms with Gasteiger partial charge in [0, 0.05) is 6.54 Å². The van der Waals surface area contributed by atoms with E-state index in [9.17, 15) is 18.8 Å².